The van der Waals surface area contributed by atoms with Crippen molar-refractivity contribution in [1.29, 1.82) is 0 Å². The lowest BCUT2D eigenvalue weighted by Crippen LogP contribution is -1.90. The molecule has 0 aliphatic rings. The van der Waals surface area contributed by atoms with Gasteiger partial charge in [-0.2, -0.15) is 4.98 Å². The van der Waals surface area contributed by atoms with E-state index >= 15 is 0 Å². The van der Waals surface area contributed by atoms with Gasteiger partial charge in [-0.1, -0.05) is 34.5 Å². The highest BCUT2D eigenvalue weighted by molar-refractivity contribution is 7.15. The van der Waals surface area contributed by atoms with Crippen molar-refractivity contribution in [2.24, 2.45) is 0 Å². The van der Waals surface area contributed by atoms with Gasteiger partial charge in [-0.25, -0.2) is 0 Å². The van der Waals surface area contributed by atoms with Crippen molar-refractivity contribution in [3.05, 3.63) is 43.4 Å². The quantitative estimate of drug-likeness (QED) is 0.484. The van der Waals surface area contributed by atoms with Gasteiger partial charge in [0, 0.05) is 6.07 Å². The molecule has 0 spiro atoms. The maximum absolute atomic E-state index is 10.6. The third-order valence-electron chi connectivity index (χ3n) is 2.02. The van der Waals surface area contributed by atoms with Crippen molar-refractivity contribution >= 4 is 46.5 Å². The Balaban J connectivity index is 2.34. The summed E-state index contributed by atoms with van der Waals surface area (Å²) in [5, 5.41) is 10.9. The Morgan fingerprint density at radius 1 is 1.42 bits per heavy atom. The second-order valence-corrected chi connectivity index (χ2v) is 4.98. The van der Waals surface area contributed by atoms with E-state index in [1.807, 2.05) is 0 Å². The molecule has 1 aromatic carbocycles. The fourth-order valence-electron chi connectivity index (χ4n) is 1.19. The molecular weight excluding hydrogens is 315 g/mol. The smallest absolute Gasteiger partial charge is 0.280 e. The third kappa shape index (κ3) is 3.01. The molecule has 0 aliphatic heterocycles. The molecule has 19 heavy (non-hydrogen) atoms. The summed E-state index contributed by atoms with van der Waals surface area (Å²) in [5.41, 5.74) is -0.169. The van der Waals surface area contributed by atoms with E-state index in [9.17, 15) is 14.9 Å². The highest BCUT2D eigenvalue weighted by Crippen LogP contribution is 2.36. The van der Waals surface area contributed by atoms with Gasteiger partial charge in [-0.3, -0.25) is 14.9 Å². The summed E-state index contributed by atoms with van der Waals surface area (Å²) in [6.07, 6.45) is 0.544. The van der Waals surface area contributed by atoms with Crippen LogP contribution in [0.25, 0.3) is 0 Å². The van der Waals surface area contributed by atoms with E-state index in [-0.39, 0.29) is 31.7 Å². The van der Waals surface area contributed by atoms with E-state index in [0.29, 0.717) is 6.29 Å². The van der Waals surface area contributed by atoms with Gasteiger partial charge >= 0.3 is 0 Å². The third-order valence-corrected chi connectivity index (χ3v) is 3.59. The van der Waals surface area contributed by atoms with Crippen molar-refractivity contribution in [3.63, 3.8) is 0 Å². The monoisotopic (exact) mass is 318 g/mol. The fourth-order valence-corrected chi connectivity index (χ4v) is 2.27. The highest BCUT2D eigenvalue weighted by Gasteiger charge is 2.15. The molecule has 1 heterocycles. The predicted molar refractivity (Wildman–Crippen MR) is 70.7 cm³/mol. The van der Waals surface area contributed by atoms with Gasteiger partial charge in [-0.05, 0) is 6.07 Å². The molecule has 0 atom stereocenters. The molecule has 0 N–H and O–H groups in total. The van der Waals surface area contributed by atoms with Gasteiger partial charge in [0.05, 0.1) is 16.0 Å². The van der Waals surface area contributed by atoms with Crippen molar-refractivity contribution < 1.29 is 14.5 Å². The first kappa shape index (κ1) is 13.7. The number of halogens is 2. The topological polar surface area (TPSA) is 82.3 Å². The first-order chi connectivity index (χ1) is 9.01. The molecule has 0 aliphatic carbocycles. The lowest BCUT2D eigenvalue weighted by atomic mass is 10.3. The normalized spacial score (nSPS) is 10.2. The van der Waals surface area contributed by atoms with Crippen LogP contribution >= 0.6 is 34.5 Å². The van der Waals surface area contributed by atoms with Gasteiger partial charge in [0.25, 0.3) is 10.9 Å². The maximum Gasteiger partial charge on any atom is 0.280 e. The number of non-ortho nitro benzene ring substituents is 1. The number of carbonyl (C=O) groups is 1. The number of aldehydes is 1. The molecule has 6 nitrogen and oxygen atoms in total. The van der Waals surface area contributed by atoms with E-state index < -0.39 is 4.92 Å². The highest BCUT2D eigenvalue weighted by atomic mass is 35.5. The molecule has 2 rings (SSSR count). The summed E-state index contributed by atoms with van der Waals surface area (Å²) < 4.78 is 5.29. The average Bonchev–Trinajstić information content (AvgIpc) is 2.72. The number of thiazole rings is 1. The molecule has 0 bridgehead atoms. The van der Waals surface area contributed by atoms with Crippen LogP contribution in [0.1, 0.15) is 9.67 Å². The molecular formula is C10H4Cl2N2O4S. The van der Waals surface area contributed by atoms with E-state index in [1.165, 1.54) is 12.1 Å². The molecule has 2 aromatic rings. The number of carbonyl (C=O) groups excluding carboxylic acids is 1. The second kappa shape index (κ2) is 5.52. The Hall–Kier alpha value is -1.70. The van der Waals surface area contributed by atoms with Crippen LogP contribution in [0.15, 0.2) is 18.2 Å². The summed E-state index contributed by atoms with van der Waals surface area (Å²) in [6, 6.07) is 3.75. The van der Waals surface area contributed by atoms with Crippen LogP contribution in [0.4, 0.5) is 5.69 Å². The zero-order valence-corrected chi connectivity index (χ0v) is 11.3. The standard InChI is InChI=1S/C10H4Cl2N2O4S/c11-6-2-1-5(14(16)17)3-7(6)18-10-13-9(12)8(4-15)19-10/h1-4H. The van der Waals surface area contributed by atoms with Crippen LogP contribution in [-0.2, 0) is 0 Å². The summed E-state index contributed by atoms with van der Waals surface area (Å²) in [4.78, 5) is 24.7. The first-order valence-electron chi connectivity index (χ1n) is 4.74. The Kier molecular flexibility index (Phi) is 3.98. The van der Waals surface area contributed by atoms with E-state index in [4.69, 9.17) is 27.9 Å². The summed E-state index contributed by atoms with van der Waals surface area (Å²) in [5.74, 6) is 0.0683. The molecule has 0 fully saturated rings. The van der Waals surface area contributed by atoms with Crippen molar-refractivity contribution in [3.8, 4) is 10.9 Å². The minimum absolute atomic E-state index is 0.0107. The SMILES string of the molecule is O=Cc1sc(Oc2cc([N+](=O)[O-])ccc2Cl)nc1Cl. The molecule has 0 saturated heterocycles. The van der Waals surface area contributed by atoms with Crippen LogP contribution in [0.5, 0.6) is 10.9 Å². The summed E-state index contributed by atoms with van der Waals surface area (Å²) in [6.45, 7) is 0. The largest absolute Gasteiger partial charge is 0.429 e. The molecule has 0 saturated carbocycles. The van der Waals surface area contributed by atoms with E-state index in [0.717, 1.165) is 17.4 Å². The van der Waals surface area contributed by atoms with Gasteiger partial charge in [-0.15, -0.1) is 0 Å². The Labute approximate surface area is 120 Å². The lowest BCUT2D eigenvalue weighted by Gasteiger charge is -2.03. The number of benzene rings is 1. The van der Waals surface area contributed by atoms with Gasteiger partial charge in [0.1, 0.15) is 4.88 Å². The molecule has 1 aromatic heterocycles. The Morgan fingerprint density at radius 3 is 2.74 bits per heavy atom. The maximum atomic E-state index is 10.6. The zero-order chi connectivity index (χ0) is 14.0. The second-order valence-electron chi connectivity index (χ2n) is 3.23. The first-order valence-corrected chi connectivity index (χ1v) is 6.32. The van der Waals surface area contributed by atoms with Crippen LogP contribution in [-0.4, -0.2) is 16.2 Å². The minimum atomic E-state index is -0.575. The number of rotatable bonds is 4. The minimum Gasteiger partial charge on any atom is -0.429 e. The number of aromatic nitrogens is 1. The average molecular weight is 319 g/mol. The number of hydrogen-bond acceptors (Lipinski definition) is 6. The number of hydrogen-bond donors (Lipinski definition) is 0. The van der Waals surface area contributed by atoms with Gasteiger partial charge in [0.15, 0.2) is 17.2 Å². The number of nitro groups is 1. The van der Waals surface area contributed by atoms with Crippen LogP contribution in [0.3, 0.4) is 0 Å². The zero-order valence-electron chi connectivity index (χ0n) is 9.00. The molecule has 0 amide bonds. The van der Waals surface area contributed by atoms with Gasteiger partial charge in [0.2, 0.25) is 0 Å². The molecule has 0 unspecified atom stereocenters. The molecule has 0 radical (unpaired) electrons. The van der Waals surface area contributed by atoms with E-state index in [1.54, 1.807) is 0 Å². The van der Waals surface area contributed by atoms with Gasteiger partial charge < -0.3 is 4.74 Å². The lowest BCUT2D eigenvalue weighted by molar-refractivity contribution is -0.384. The van der Waals surface area contributed by atoms with Crippen LogP contribution in [0.2, 0.25) is 10.2 Å². The number of ether oxygens (including phenoxy) is 1. The van der Waals surface area contributed by atoms with Crippen LogP contribution in [0, 0.1) is 10.1 Å². The van der Waals surface area contributed by atoms with Crippen LogP contribution < -0.4 is 4.74 Å². The summed E-state index contributed by atoms with van der Waals surface area (Å²) >= 11 is 12.5. The number of nitro benzene ring substituents is 1. The molecule has 98 valence electrons. The fraction of sp³-hybridized carbons (Fsp3) is 0. The van der Waals surface area contributed by atoms with Crippen molar-refractivity contribution in [2.75, 3.05) is 0 Å². The predicted octanol–water partition coefficient (Wildman–Crippen LogP) is 3.96. The number of nitrogens with zero attached hydrogens (tertiary/aromatic N) is 2. The molecule has 9 heteroatoms. The summed E-state index contributed by atoms with van der Waals surface area (Å²) in [7, 11) is 0. The van der Waals surface area contributed by atoms with Crippen molar-refractivity contribution in [1.82, 2.24) is 4.98 Å². The Bertz CT molecular complexity index is 659. The van der Waals surface area contributed by atoms with Crippen molar-refractivity contribution in [2.45, 2.75) is 0 Å². The Morgan fingerprint density at radius 2 is 2.16 bits per heavy atom. The van der Waals surface area contributed by atoms with E-state index in [2.05, 4.69) is 4.98 Å².